The number of benzene rings is 1. The van der Waals surface area contributed by atoms with E-state index in [4.69, 9.17) is 0 Å². The van der Waals surface area contributed by atoms with Crippen LogP contribution in [0.4, 0.5) is 11.4 Å². The van der Waals surface area contributed by atoms with Crippen LogP contribution in [0.15, 0.2) is 24.3 Å². The van der Waals surface area contributed by atoms with E-state index in [1.165, 1.54) is 18.5 Å². The molecule has 2 heterocycles. The number of piperidine rings is 2. The molecule has 2 amide bonds. The molecule has 3 rings (SSSR count). The molecule has 0 aliphatic carbocycles. The maximum atomic E-state index is 12.7. The molecule has 154 valence electrons. The molecule has 2 aliphatic rings. The molecule has 1 unspecified atom stereocenters. The van der Waals surface area contributed by atoms with E-state index in [1.54, 1.807) is 0 Å². The van der Waals surface area contributed by atoms with E-state index in [0.717, 1.165) is 44.1 Å². The molecule has 5 nitrogen and oxygen atoms in total. The van der Waals surface area contributed by atoms with Crippen LogP contribution in [0.3, 0.4) is 0 Å². The normalized spacial score (nSPS) is 21.5. The monoisotopic (exact) mass is 385 g/mol. The number of nitrogens with one attached hydrogen (secondary N) is 1. The van der Waals surface area contributed by atoms with Crippen molar-refractivity contribution >= 4 is 23.2 Å². The summed E-state index contributed by atoms with van der Waals surface area (Å²) >= 11 is 0. The number of hydrogen-bond acceptors (Lipinski definition) is 3. The highest BCUT2D eigenvalue weighted by atomic mass is 16.2. The zero-order chi connectivity index (χ0) is 20.3. The van der Waals surface area contributed by atoms with Gasteiger partial charge in [-0.15, -0.1) is 0 Å². The standard InChI is InChI=1S/C23H35N3O2/c1-17-11-14-25(15-12-17)20-9-7-19(8-10-20)24-21(27)18-6-5-13-26(16-18)22(28)23(2,3)4/h7-10,17-18H,5-6,11-16H2,1-4H3,(H,24,27). The van der Waals surface area contributed by atoms with Crippen LogP contribution in [0.25, 0.3) is 0 Å². The third-order valence-electron chi connectivity index (χ3n) is 6.00. The molecule has 0 radical (unpaired) electrons. The van der Waals surface area contributed by atoms with Crippen LogP contribution >= 0.6 is 0 Å². The lowest BCUT2D eigenvalue weighted by molar-refractivity contribution is -0.142. The highest BCUT2D eigenvalue weighted by Crippen LogP contribution is 2.26. The first-order valence-corrected chi connectivity index (χ1v) is 10.7. The van der Waals surface area contributed by atoms with Crippen LogP contribution in [0, 0.1) is 17.3 Å². The van der Waals surface area contributed by atoms with Gasteiger partial charge in [0.15, 0.2) is 0 Å². The predicted molar refractivity (Wildman–Crippen MR) is 114 cm³/mol. The summed E-state index contributed by atoms with van der Waals surface area (Å²) in [5, 5.41) is 3.05. The number of anilines is 2. The van der Waals surface area contributed by atoms with Crippen LogP contribution < -0.4 is 10.2 Å². The van der Waals surface area contributed by atoms with E-state index in [0.29, 0.717) is 6.54 Å². The summed E-state index contributed by atoms with van der Waals surface area (Å²) in [7, 11) is 0. The number of likely N-dealkylation sites (tertiary alicyclic amines) is 1. The minimum atomic E-state index is -0.402. The Morgan fingerprint density at radius 3 is 2.25 bits per heavy atom. The van der Waals surface area contributed by atoms with Gasteiger partial charge < -0.3 is 15.1 Å². The summed E-state index contributed by atoms with van der Waals surface area (Å²) in [6.07, 6.45) is 4.20. The van der Waals surface area contributed by atoms with E-state index in [2.05, 4.69) is 29.3 Å². The minimum Gasteiger partial charge on any atom is -0.372 e. The number of nitrogens with zero attached hydrogens (tertiary/aromatic N) is 2. The van der Waals surface area contributed by atoms with Gasteiger partial charge >= 0.3 is 0 Å². The van der Waals surface area contributed by atoms with Gasteiger partial charge in [-0.3, -0.25) is 9.59 Å². The number of carbonyl (C=O) groups excluding carboxylic acids is 2. The van der Waals surface area contributed by atoms with Gasteiger partial charge in [-0.1, -0.05) is 27.7 Å². The molecular weight excluding hydrogens is 350 g/mol. The van der Waals surface area contributed by atoms with Crippen molar-refractivity contribution < 1.29 is 9.59 Å². The summed E-state index contributed by atoms with van der Waals surface area (Å²) in [5.41, 5.74) is 1.66. The average Bonchev–Trinajstić information content (AvgIpc) is 2.68. The topological polar surface area (TPSA) is 52.7 Å². The Balaban J connectivity index is 1.56. The Morgan fingerprint density at radius 1 is 1.00 bits per heavy atom. The Bertz CT molecular complexity index is 685. The lowest BCUT2D eigenvalue weighted by Crippen LogP contribution is -2.47. The minimum absolute atomic E-state index is 0.0194. The zero-order valence-corrected chi connectivity index (χ0v) is 17.8. The largest absolute Gasteiger partial charge is 0.372 e. The van der Waals surface area contributed by atoms with Crippen molar-refractivity contribution in [3.63, 3.8) is 0 Å². The molecule has 0 bridgehead atoms. The predicted octanol–water partition coefficient (Wildman–Crippen LogP) is 4.15. The molecule has 2 saturated heterocycles. The van der Waals surface area contributed by atoms with Gasteiger partial charge in [-0.25, -0.2) is 0 Å². The van der Waals surface area contributed by atoms with Crippen molar-refractivity contribution in [2.75, 3.05) is 36.4 Å². The van der Waals surface area contributed by atoms with Gasteiger partial charge in [0.2, 0.25) is 11.8 Å². The van der Waals surface area contributed by atoms with Crippen molar-refractivity contribution in [3.8, 4) is 0 Å². The summed E-state index contributed by atoms with van der Waals surface area (Å²) < 4.78 is 0. The number of rotatable bonds is 3. The maximum absolute atomic E-state index is 12.7. The van der Waals surface area contributed by atoms with Crippen molar-refractivity contribution in [1.29, 1.82) is 0 Å². The SMILES string of the molecule is CC1CCN(c2ccc(NC(=O)C3CCCN(C(=O)C(C)(C)C)C3)cc2)CC1. The highest BCUT2D eigenvalue weighted by Gasteiger charge is 2.33. The molecule has 2 aliphatic heterocycles. The van der Waals surface area contributed by atoms with Crippen LogP contribution in [0.2, 0.25) is 0 Å². The van der Waals surface area contributed by atoms with E-state index in [1.807, 2.05) is 37.8 Å². The van der Waals surface area contributed by atoms with E-state index >= 15 is 0 Å². The van der Waals surface area contributed by atoms with Gasteiger partial charge in [0.25, 0.3) is 0 Å². The van der Waals surface area contributed by atoms with E-state index in [9.17, 15) is 9.59 Å². The molecule has 28 heavy (non-hydrogen) atoms. The summed E-state index contributed by atoms with van der Waals surface area (Å²) in [4.78, 5) is 29.6. The molecule has 0 aromatic heterocycles. The van der Waals surface area contributed by atoms with Crippen molar-refractivity contribution in [2.45, 2.75) is 53.4 Å². The fraction of sp³-hybridized carbons (Fsp3) is 0.652. The van der Waals surface area contributed by atoms with Gasteiger partial charge in [0, 0.05) is 43.0 Å². The lowest BCUT2D eigenvalue weighted by atomic mass is 9.91. The molecule has 1 aromatic rings. The summed E-state index contributed by atoms with van der Waals surface area (Å²) in [5.74, 6) is 0.828. The van der Waals surface area contributed by atoms with Gasteiger partial charge in [-0.05, 0) is 55.9 Å². The van der Waals surface area contributed by atoms with Crippen molar-refractivity contribution in [1.82, 2.24) is 4.90 Å². The third-order valence-corrected chi connectivity index (χ3v) is 6.00. The maximum Gasteiger partial charge on any atom is 0.229 e. The Morgan fingerprint density at radius 2 is 1.64 bits per heavy atom. The first-order valence-electron chi connectivity index (χ1n) is 10.7. The van der Waals surface area contributed by atoms with Crippen LogP contribution in [-0.2, 0) is 9.59 Å². The van der Waals surface area contributed by atoms with Crippen molar-refractivity contribution in [2.24, 2.45) is 17.3 Å². The lowest BCUT2D eigenvalue weighted by Gasteiger charge is -2.36. The molecule has 0 spiro atoms. The quantitative estimate of drug-likeness (QED) is 0.850. The number of amides is 2. The Labute approximate surface area is 169 Å². The average molecular weight is 386 g/mol. The zero-order valence-electron chi connectivity index (χ0n) is 17.8. The fourth-order valence-corrected chi connectivity index (χ4v) is 4.12. The number of hydrogen-bond donors (Lipinski definition) is 1. The van der Waals surface area contributed by atoms with E-state index in [-0.39, 0.29) is 17.7 Å². The van der Waals surface area contributed by atoms with Crippen LogP contribution in [-0.4, -0.2) is 42.9 Å². The third kappa shape index (κ3) is 5.06. The first kappa shape index (κ1) is 20.7. The van der Waals surface area contributed by atoms with E-state index < -0.39 is 5.41 Å². The second-order valence-corrected chi connectivity index (χ2v) is 9.55. The molecule has 2 fully saturated rings. The molecule has 1 N–H and O–H groups in total. The van der Waals surface area contributed by atoms with Gasteiger partial charge in [0.05, 0.1) is 5.92 Å². The van der Waals surface area contributed by atoms with Gasteiger partial charge in [0.1, 0.15) is 0 Å². The Hall–Kier alpha value is -2.04. The molecular formula is C23H35N3O2. The second kappa shape index (κ2) is 8.54. The molecule has 0 saturated carbocycles. The number of carbonyl (C=O) groups is 2. The van der Waals surface area contributed by atoms with Crippen LogP contribution in [0.1, 0.15) is 53.4 Å². The first-order chi connectivity index (χ1) is 13.2. The Kier molecular flexibility index (Phi) is 6.31. The van der Waals surface area contributed by atoms with Crippen molar-refractivity contribution in [3.05, 3.63) is 24.3 Å². The fourth-order valence-electron chi connectivity index (χ4n) is 4.12. The summed E-state index contributed by atoms with van der Waals surface area (Å²) in [6.45, 7) is 11.6. The second-order valence-electron chi connectivity index (χ2n) is 9.55. The summed E-state index contributed by atoms with van der Waals surface area (Å²) in [6, 6.07) is 8.18. The molecule has 5 heteroatoms. The smallest absolute Gasteiger partial charge is 0.229 e. The molecule has 1 atom stereocenters. The van der Waals surface area contributed by atoms with Crippen LogP contribution in [0.5, 0.6) is 0 Å². The van der Waals surface area contributed by atoms with Gasteiger partial charge in [-0.2, -0.15) is 0 Å². The molecule has 1 aromatic carbocycles. The highest BCUT2D eigenvalue weighted by molar-refractivity contribution is 5.93.